The maximum atomic E-state index is 12.4. The summed E-state index contributed by atoms with van der Waals surface area (Å²) in [7, 11) is -3.54. The minimum atomic E-state index is -3.54. The van der Waals surface area contributed by atoms with Crippen LogP contribution in [0, 0.1) is 13.8 Å². The molecule has 0 aliphatic carbocycles. The van der Waals surface area contributed by atoms with E-state index in [1.807, 2.05) is 31.2 Å². The predicted octanol–water partition coefficient (Wildman–Crippen LogP) is 4.73. The van der Waals surface area contributed by atoms with E-state index in [9.17, 15) is 13.2 Å². The second-order valence-electron chi connectivity index (χ2n) is 7.77. The van der Waals surface area contributed by atoms with Gasteiger partial charge < -0.3 is 10.1 Å². The minimum Gasteiger partial charge on any atom is -0.492 e. The number of aryl methyl sites for hydroxylation is 1. The molecule has 0 saturated carbocycles. The number of benzene rings is 3. The molecule has 3 aromatic rings. The van der Waals surface area contributed by atoms with Crippen molar-refractivity contribution in [1.82, 2.24) is 5.32 Å². The highest BCUT2D eigenvalue weighted by molar-refractivity contribution is 7.92. The SMILES string of the molecule is Cc1cccc(OCCNC(=O)c2ccc(CN(c3cccc(Cl)c3C)S(C)(=O)=O)cc2)c1. The van der Waals surface area contributed by atoms with E-state index in [0.29, 0.717) is 35.0 Å². The molecule has 0 aliphatic heterocycles. The van der Waals surface area contributed by atoms with Gasteiger partial charge in [0, 0.05) is 10.6 Å². The predicted molar refractivity (Wildman–Crippen MR) is 133 cm³/mol. The van der Waals surface area contributed by atoms with Gasteiger partial charge in [-0.25, -0.2) is 8.42 Å². The van der Waals surface area contributed by atoms with E-state index in [0.717, 1.165) is 23.1 Å². The van der Waals surface area contributed by atoms with Crippen molar-refractivity contribution in [2.45, 2.75) is 20.4 Å². The van der Waals surface area contributed by atoms with Crippen molar-refractivity contribution in [2.24, 2.45) is 0 Å². The Labute approximate surface area is 200 Å². The van der Waals surface area contributed by atoms with Crippen LogP contribution in [0.2, 0.25) is 5.02 Å². The van der Waals surface area contributed by atoms with Gasteiger partial charge in [-0.1, -0.05) is 41.9 Å². The normalized spacial score (nSPS) is 11.2. The third kappa shape index (κ3) is 6.73. The Morgan fingerprint density at radius 2 is 1.73 bits per heavy atom. The summed E-state index contributed by atoms with van der Waals surface area (Å²) < 4.78 is 31.9. The number of amides is 1. The minimum absolute atomic E-state index is 0.131. The zero-order valence-corrected chi connectivity index (χ0v) is 20.4. The van der Waals surface area contributed by atoms with Crippen molar-refractivity contribution in [1.29, 1.82) is 0 Å². The lowest BCUT2D eigenvalue weighted by molar-refractivity contribution is 0.0947. The highest BCUT2D eigenvalue weighted by Gasteiger charge is 2.20. The van der Waals surface area contributed by atoms with E-state index in [4.69, 9.17) is 16.3 Å². The molecule has 8 heteroatoms. The van der Waals surface area contributed by atoms with Crippen LogP contribution in [0.4, 0.5) is 5.69 Å². The summed E-state index contributed by atoms with van der Waals surface area (Å²) in [5.41, 5.74) is 3.56. The summed E-state index contributed by atoms with van der Waals surface area (Å²) in [5, 5.41) is 3.32. The Balaban J connectivity index is 1.61. The molecule has 0 bridgehead atoms. The number of carbonyl (C=O) groups excluding carboxylic acids is 1. The molecule has 0 heterocycles. The summed E-state index contributed by atoms with van der Waals surface area (Å²) in [6.45, 7) is 4.63. The Morgan fingerprint density at radius 3 is 2.39 bits per heavy atom. The number of anilines is 1. The third-order valence-electron chi connectivity index (χ3n) is 5.10. The van der Waals surface area contributed by atoms with E-state index < -0.39 is 10.0 Å². The number of sulfonamides is 1. The van der Waals surface area contributed by atoms with Crippen LogP contribution in [0.25, 0.3) is 0 Å². The fourth-order valence-electron chi connectivity index (χ4n) is 3.32. The summed E-state index contributed by atoms with van der Waals surface area (Å²) in [5.74, 6) is 0.541. The van der Waals surface area contributed by atoms with E-state index in [2.05, 4.69) is 5.32 Å². The topological polar surface area (TPSA) is 75.7 Å². The number of hydrogen-bond acceptors (Lipinski definition) is 4. The zero-order valence-electron chi connectivity index (χ0n) is 18.8. The molecule has 0 fully saturated rings. The van der Waals surface area contributed by atoms with Crippen molar-refractivity contribution < 1.29 is 17.9 Å². The van der Waals surface area contributed by atoms with Crippen molar-refractivity contribution in [3.8, 4) is 5.75 Å². The third-order valence-corrected chi connectivity index (χ3v) is 6.63. The zero-order chi connectivity index (χ0) is 24.0. The number of ether oxygens (including phenoxy) is 1. The van der Waals surface area contributed by atoms with Gasteiger partial charge in [0.25, 0.3) is 5.91 Å². The Hall–Kier alpha value is -3.03. The van der Waals surface area contributed by atoms with E-state index >= 15 is 0 Å². The van der Waals surface area contributed by atoms with Crippen molar-refractivity contribution in [2.75, 3.05) is 23.7 Å². The van der Waals surface area contributed by atoms with Crippen LogP contribution in [-0.4, -0.2) is 33.7 Å². The average molecular weight is 487 g/mol. The van der Waals surface area contributed by atoms with Gasteiger partial charge in [0.2, 0.25) is 10.0 Å². The van der Waals surface area contributed by atoms with Gasteiger partial charge in [0.1, 0.15) is 12.4 Å². The first-order chi connectivity index (χ1) is 15.6. The lowest BCUT2D eigenvalue weighted by atomic mass is 10.1. The van der Waals surface area contributed by atoms with Gasteiger partial charge in [-0.3, -0.25) is 9.10 Å². The van der Waals surface area contributed by atoms with Crippen LogP contribution in [0.15, 0.2) is 66.7 Å². The van der Waals surface area contributed by atoms with E-state index in [1.54, 1.807) is 49.4 Å². The molecule has 0 aromatic heterocycles. The van der Waals surface area contributed by atoms with Gasteiger partial charge in [0.05, 0.1) is 25.0 Å². The van der Waals surface area contributed by atoms with Gasteiger partial charge in [-0.2, -0.15) is 0 Å². The first kappa shape index (κ1) is 24.6. The number of hydrogen-bond donors (Lipinski definition) is 1. The maximum Gasteiger partial charge on any atom is 0.251 e. The fourth-order valence-corrected chi connectivity index (χ4v) is 4.42. The Bertz CT molecular complexity index is 1230. The molecule has 0 atom stereocenters. The number of nitrogens with zero attached hydrogens (tertiary/aromatic N) is 1. The first-order valence-electron chi connectivity index (χ1n) is 10.4. The smallest absolute Gasteiger partial charge is 0.251 e. The highest BCUT2D eigenvalue weighted by Crippen LogP contribution is 2.29. The summed E-state index contributed by atoms with van der Waals surface area (Å²) in [4.78, 5) is 12.4. The molecule has 0 saturated heterocycles. The molecule has 0 aliphatic rings. The van der Waals surface area contributed by atoms with E-state index in [1.165, 1.54) is 4.31 Å². The van der Waals surface area contributed by atoms with Crippen LogP contribution >= 0.6 is 11.6 Å². The molecule has 1 amide bonds. The largest absolute Gasteiger partial charge is 0.492 e. The number of carbonyl (C=O) groups is 1. The maximum absolute atomic E-state index is 12.4. The Kier molecular flexibility index (Phi) is 8.00. The second-order valence-corrected chi connectivity index (χ2v) is 10.1. The number of halogens is 1. The molecule has 3 aromatic carbocycles. The monoisotopic (exact) mass is 486 g/mol. The fraction of sp³-hybridized carbons (Fsp3) is 0.240. The second kappa shape index (κ2) is 10.7. The lowest BCUT2D eigenvalue weighted by Gasteiger charge is -2.24. The van der Waals surface area contributed by atoms with Crippen LogP contribution in [-0.2, 0) is 16.6 Å². The van der Waals surface area contributed by atoms with Crippen LogP contribution in [0.3, 0.4) is 0 Å². The van der Waals surface area contributed by atoms with E-state index in [-0.39, 0.29) is 12.5 Å². The summed E-state index contributed by atoms with van der Waals surface area (Å²) >= 11 is 6.19. The van der Waals surface area contributed by atoms with Gasteiger partial charge in [0.15, 0.2) is 0 Å². The highest BCUT2D eigenvalue weighted by atomic mass is 35.5. The molecular formula is C25H27ClN2O4S. The van der Waals surface area contributed by atoms with Crippen molar-refractivity contribution in [3.05, 3.63) is 94.0 Å². The van der Waals surface area contributed by atoms with Gasteiger partial charge in [-0.15, -0.1) is 0 Å². The average Bonchev–Trinajstić information content (AvgIpc) is 2.77. The number of nitrogens with one attached hydrogen (secondary N) is 1. The lowest BCUT2D eigenvalue weighted by Crippen LogP contribution is -2.30. The van der Waals surface area contributed by atoms with Gasteiger partial charge in [-0.05, 0) is 66.9 Å². The van der Waals surface area contributed by atoms with Crippen molar-refractivity contribution in [3.63, 3.8) is 0 Å². The molecule has 0 radical (unpaired) electrons. The molecule has 0 spiro atoms. The summed E-state index contributed by atoms with van der Waals surface area (Å²) in [6.07, 6.45) is 1.16. The van der Waals surface area contributed by atoms with Crippen LogP contribution in [0.1, 0.15) is 27.0 Å². The first-order valence-corrected chi connectivity index (χ1v) is 12.7. The molecule has 0 unspecified atom stereocenters. The molecular weight excluding hydrogens is 460 g/mol. The molecule has 174 valence electrons. The molecule has 33 heavy (non-hydrogen) atoms. The van der Waals surface area contributed by atoms with Crippen LogP contribution in [0.5, 0.6) is 5.75 Å². The van der Waals surface area contributed by atoms with Crippen LogP contribution < -0.4 is 14.4 Å². The molecule has 6 nitrogen and oxygen atoms in total. The standard InChI is InChI=1S/C25H27ClN2O4S/c1-18-6-4-7-22(16-18)32-15-14-27-25(29)21-12-10-20(11-13-21)17-28(33(3,30)31)24-9-5-8-23(26)19(24)2/h4-13,16H,14-15,17H2,1-3H3,(H,27,29). The number of rotatable bonds is 9. The quantitative estimate of drug-likeness (QED) is 0.443. The summed E-state index contributed by atoms with van der Waals surface area (Å²) in [6, 6.07) is 19.7. The Morgan fingerprint density at radius 1 is 1.03 bits per heavy atom. The molecule has 3 rings (SSSR count). The molecule has 1 N–H and O–H groups in total. The van der Waals surface area contributed by atoms with Crippen molar-refractivity contribution >= 4 is 33.2 Å². The van der Waals surface area contributed by atoms with Gasteiger partial charge >= 0.3 is 0 Å².